The summed E-state index contributed by atoms with van der Waals surface area (Å²) in [5, 5.41) is 9.68. The Labute approximate surface area is 316 Å². The SMILES string of the molecule is c1ccc(-n2c3ccccc3c3cc(-c4ccc5c(c4)c4cc(-c6cccc7oc8ccccc8c67)ccc4n5-c4cccc5ccccc45)ccc32)cc1. The van der Waals surface area contributed by atoms with E-state index in [1.54, 1.807) is 0 Å². The van der Waals surface area contributed by atoms with Crippen molar-refractivity contribution < 1.29 is 4.42 Å². The first-order valence-corrected chi connectivity index (χ1v) is 18.8. The van der Waals surface area contributed by atoms with Crippen LogP contribution in [0.2, 0.25) is 0 Å². The second-order valence-electron chi connectivity index (χ2n) is 14.5. The van der Waals surface area contributed by atoms with Gasteiger partial charge in [-0.25, -0.2) is 0 Å². The maximum absolute atomic E-state index is 6.32. The van der Waals surface area contributed by atoms with E-state index in [9.17, 15) is 0 Å². The maximum atomic E-state index is 6.32. The van der Waals surface area contributed by atoms with E-state index in [1.807, 2.05) is 6.07 Å². The summed E-state index contributed by atoms with van der Waals surface area (Å²) in [5.41, 5.74) is 13.7. The van der Waals surface area contributed by atoms with Gasteiger partial charge >= 0.3 is 0 Å². The van der Waals surface area contributed by atoms with Crippen LogP contribution in [0.4, 0.5) is 0 Å². The van der Waals surface area contributed by atoms with Crippen LogP contribution in [-0.4, -0.2) is 9.13 Å². The Balaban J connectivity index is 1.12. The number of nitrogens with zero attached hydrogens (tertiary/aromatic N) is 2. The van der Waals surface area contributed by atoms with Gasteiger partial charge in [0.25, 0.3) is 0 Å². The van der Waals surface area contributed by atoms with Crippen LogP contribution in [0.15, 0.2) is 199 Å². The number of furan rings is 1. The fraction of sp³-hybridized carbons (Fsp3) is 0. The van der Waals surface area contributed by atoms with Gasteiger partial charge in [0.05, 0.1) is 27.8 Å². The summed E-state index contributed by atoms with van der Waals surface area (Å²) >= 11 is 0. The molecule has 0 aliphatic rings. The van der Waals surface area contributed by atoms with Gasteiger partial charge in [0.2, 0.25) is 0 Å². The van der Waals surface area contributed by atoms with Crippen molar-refractivity contribution in [2.75, 3.05) is 0 Å². The fourth-order valence-electron chi connectivity index (χ4n) is 9.06. The lowest BCUT2D eigenvalue weighted by atomic mass is 9.97. The lowest BCUT2D eigenvalue weighted by Crippen LogP contribution is -1.95. The Morgan fingerprint density at radius 3 is 1.67 bits per heavy atom. The molecule has 0 N–H and O–H groups in total. The molecule has 0 saturated heterocycles. The molecule has 0 saturated carbocycles. The van der Waals surface area contributed by atoms with E-state index in [0.29, 0.717) is 0 Å². The number of hydrogen-bond acceptors (Lipinski definition) is 1. The van der Waals surface area contributed by atoms with E-state index < -0.39 is 0 Å². The molecule has 0 radical (unpaired) electrons. The molecule has 12 rings (SSSR count). The minimum atomic E-state index is 0.906. The number of benzene rings is 9. The minimum Gasteiger partial charge on any atom is -0.456 e. The third kappa shape index (κ3) is 4.44. The van der Waals surface area contributed by atoms with Gasteiger partial charge in [0.15, 0.2) is 0 Å². The van der Waals surface area contributed by atoms with E-state index in [0.717, 1.165) is 21.9 Å². The van der Waals surface area contributed by atoms with Crippen LogP contribution in [-0.2, 0) is 0 Å². The summed E-state index contributed by atoms with van der Waals surface area (Å²) in [7, 11) is 0. The van der Waals surface area contributed by atoms with Crippen molar-refractivity contribution in [3.63, 3.8) is 0 Å². The van der Waals surface area contributed by atoms with Crippen molar-refractivity contribution in [3.05, 3.63) is 194 Å². The highest BCUT2D eigenvalue weighted by Crippen LogP contribution is 2.42. The molecule has 0 fully saturated rings. The van der Waals surface area contributed by atoms with Crippen LogP contribution in [0, 0.1) is 0 Å². The molecule has 3 aromatic heterocycles. The largest absolute Gasteiger partial charge is 0.456 e. The second-order valence-corrected chi connectivity index (χ2v) is 14.5. The first-order chi connectivity index (χ1) is 27.3. The standard InChI is InChI=1S/C52H32N2O/c1-2-14-37(15-3-1)53-46-20-8-6-17-40(46)42-30-34(24-27-47(42)53)35-25-28-48-43(31-35)44-32-36(39-19-11-23-51-52(39)41-18-7-9-22-50(41)55-51)26-29-49(44)54(48)45-21-10-13-33-12-4-5-16-38(33)45/h1-32H. The van der Waals surface area contributed by atoms with E-state index in [1.165, 1.54) is 88.0 Å². The maximum Gasteiger partial charge on any atom is 0.136 e. The molecule has 3 nitrogen and oxygen atoms in total. The monoisotopic (exact) mass is 700 g/mol. The molecule has 0 spiro atoms. The highest BCUT2D eigenvalue weighted by atomic mass is 16.3. The van der Waals surface area contributed by atoms with Gasteiger partial charge < -0.3 is 13.6 Å². The van der Waals surface area contributed by atoms with Crippen molar-refractivity contribution in [2.45, 2.75) is 0 Å². The predicted octanol–water partition coefficient (Wildman–Crippen LogP) is 14.3. The molecule has 0 bridgehead atoms. The number of aromatic nitrogens is 2. The fourth-order valence-corrected chi connectivity index (χ4v) is 9.06. The van der Waals surface area contributed by atoms with E-state index in [4.69, 9.17) is 4.42 Å². The van der Waals surface area contributed by atoms with E-state index >= 15 is 0 Å². The van der Waals surface area contributed by atoms with Crippen molar-refractivity contribution in [2.24, 2.45) is 0 Å². The topological polar surface area (TPSA) is 23.0 Å². The average molecular weight is 701 g/mol. The highest BCUT2D eigenvalue weighted by molar-refractivity contribution is 6.16. The van der Waals surface area contributed by atoms with Gasteiger partial charge in [-0.05, 0) is 100 Å². The van der Waals surface area contributed by atoms with E-state index in [2.05, 4.69) is 197 Å². The Morgan fingerprint density at radius 2 is 0.873 bits per heavy atom. The molecule has 0 unspecified atom stereocenters. The van der Waals surface area contributed by atoms with Crippen molar-refractivity contribution in [3.8, 4) is 33.6 Å². The molecule has 256 valence electrons. The summed E-state index contributed by atoms with van der Waals surface area (Å²) in [6.45, 7) is 0. The third-order valence-electron chi connectivity index (χ3n) is 11.5. The molecule has 3 heteroatoms. The van der Waals surface area contributed by atoms with Crippen LogP contribution >= 0.6 is 0 Å². The second kappa shape index (κ2) is 11.6. The zero-order chi connectivity index (χ0) is 36.0. The van der Waals surface area contributed by atoms with Crippen LogP contribution in [0.3, 0.4) is 0 Å². The summed E-state index contributed by atoms with van der Waals surface area (Å²) in [4.78, 5) is 0. The number of hydrogen-bond donors (Lipinski definition) is 0. The number of para-hydroxylation sites is 3. The Kier molecular flexibility index (Phi) is 6.34. The molecular weight excluding hydrogens is 669 g/mol. The average Bonchev–Trinajstić information content (AvgIpc) is 3.91. The van der Waals surface area contributed by atoms with Gasteiger partial charge in [-0.3, -0.25) is 0 Å². The molecule has 3 heterocycles. The summed E-state index contributed by atoms with van der Waals surface area (Å²) in [5.74, 6) is 0. The van der Waals surface area contributed by atoms with Gasteiger partial charge in [-0.2, -0.15) is 0 Å². The first-order valence-electron chi connectivity index (χ1n) is 18.8. The van der Waals surface area contributed by atoms with Crippen LogP contribution in [0.1, 0.15) is 0 Å². The van der Waals surface area contributed by atoms with Crippen molar-refractivity contribution in [1.82, 2.24) is 9.13 Å². The molecule has 55 heavy (non-hydrogen) atoms. The molecule has 0 atom stereocenters. The number of fused-ring (bicyclic) bond motifs is 10. The zero-order valence-electron chi connectivity index (χ0n) is 29.8. The highest BCUT2D eigenvalue weighted by Gasteiger charge is 2.19. The molecular formula is C52H32N2O. The van der Waals surface area contributed by atoms with Crippen molar-refractivity contribution in [1.29, 1.82) is 0 Å². The third-order valence-corrected chi connectivity index (χ3v) is 11.5. The first kappa shape index (κ1) is 30.1. The lowest BCUT2D eigenvalue weighted by molar-refractivity contribution is 0.669. The Bertz CT molecular complexity index is 3480. The van der Waals surface area contributed by atoms with Gasteiger partial charge in [-0.1, -0.05) is 121 Å². The van der Waals surface area contributed by atoms with E-state index in [-0.39, 0.29) is 0 Å². The lowest BCUT2D eigenvalue weighted by Gasteiger charge is -2.12. The van der Waals surface area contributed by atoms with Crippen molar-refractivity contribution >= 4 is 76.3 Å². The normalized spacial score (nSPS) is 12.0. The summed E-state index contributed by atoms with van der Waals surface area (Å²) < 4.78 is 11.1. The quantitative estimate of drug-likeness (QED) is 0.179. The van der Waals surface area contributed by atoms with Gasteiger partial charge in [-0.15, -0.1) is 0 Å². The van der Waals surface area contributed by atoms with Gasteiger partial charge in [0, 0.05) is 43.4 Å². The Morgan fingerprint density at radius 1 is 0.327 bits per heavy atom. The number of rotatable bonds is 4. The molecule has 0 aliphatic carbocycles. The molecule has 12 aromatic rings. The van der Waals surface area contributed by atoms with Crippen LogP contribution < -0.4 is 0 Å². The minimum absolute atomic E-state index is 0.906. The smallest absolute Gasteiger partial charge is 0.136 e. The molecule has 9 aromatic carbocycles. The van der Waals surface area contributed by atoms with Crippen LogP contribution in [0.25, 0.3) is 110 Å². The molecule has 0 amide bonds. The Hall–Kier alpha value is -7.36. The zero-order valence-corrected chi connectivity index (χ0v) is 29.8. The summed E-state index contributed by atoms with van der Waals surface area (Å²) in [6, 6.07) is 70.3. The molecule has 0 aliphatic heterocycles. The van der Waals surface area contributed by atoms with Crippen LogP contribution in [0.5, 0.6) is 0 Å². The summed E-state index contributed by atoms with van der Waals surface area (Å²) in [6.07, 6.45) is 0. The predicted molar refractivity (Wildman–Crippen MR) is 231 cm³/mol. The van der Waals surface area contributed by atoms with Gasteiger partial charge in [0.1, 0.15) is 11.2 Å².